The number of benzene rings is 2. The van der Waals surface area contributed by atoms with Crippen LogP contribution in [0.2, 0.25) is 0 Å². The van der Waals surface area contributed by atoms with Crippen molar-refractivity contribution in [2.45, 2.75) is 11.8 Å². The second-order valence-corrected chi connectivity index (χ2v) is 7.66. The number of aryl methyl sites for hydroxylation is 1. The van der Waals surface area contributed by atoms with Crippen molar-refractivity contribution in [3.8, 4) is 17.2 Å². The molecule has 3 rings (SSSR count). The Hall–Kier alpha value is -3.06. The first-order valence-corrected chi connectivity index (χ1v) is 10.5. The van der Waals surface area contributed by atoms with Gasteiger partial charge in [-0.05, 0) is 36.8 Å². The van der Waals surface area contributed by atoms with Gasteiger partial charge in [0.05, 0.1) is 21.3 Å². The number of carbonyl (C=O) groups is 1. The first kappa shape index (κ1) is 21.6. The zero-order chi connectivity index (χ0) is 21.5. The summed E-state index contributed by atoms with van der Waals surface area (Å²) >= 11 is 1.74. The number of H-pyrrole nitrogens is 1. The minimum Gasteiger partial charge on any atom is -0.493 e. The van der Waals surface area contributed by atoms with Gasteiger partial charge in [0.2, 0.25) is 11.7 Å². The van der Waals surface area contributed by atoms with Crippen molar-refractivity contribution in [3.05, 3.63) is 53.7 Å². The molecule has 0 aliphatic rings. The molecular formula is C23H26N2O4S. The van der Waals surface area contributed by atoms with Gasteiger partial charge in [-0.15, -0.1) is 11.8 Å². The van der Waals surface area contributed by atoms with E-state index in [0.29, 0.717) is 23.8 Å². The van der Waals surface area contributed by atoms with E-state index in [9.17, 15) is 4.79 Å². The number of carbonyl (C=O) groups excluding carboxylic acids is 1. The molecule has 6 nitrogen and oxygen atoms in total. The molecule has 0 aliphatic carbocycles. The number of fused-ring (bicyclic) bond motifs is 1. The van der Waals surface area contributed by atoms with Crippen LogP contribution in [-0.4, -0.2) is 44.5 Å². The van der Waals surface area contributed by atoms with Gasteiger partial charge in [-0.25, -0.2) is 0 Å². The zero-order valence-electron chi connectivity index (χ0n) is 17.6. The van der Waals surface area contributed by atoms with E-state index < -0.39 is 0 Å². The Morgan fingerprint density at radius 3 is 2.47 bits per heavy atom. The third kappa shape index (κ3) is 4.91. The predicted molar refractivity (Wildman–Crippen MR) is 122 cm³/mol. The molecule has 1 heterocycles. The number of hydrogen-bond acceptors (Lipinski definition) is 5. The van der Waals surface area contributed by atoms with E-state index in [1.807, 2.05) is 12.1 Å². The monoisotopic (exact) mass is 426 g/mol. The largest absolute Gasteiger partial charge is 0.493 e. The molecule has 1 amide bonds. The highest BCUT2D eigenvalue weighted by Gasteiger charge is 2.12. The molecular weight excluding hydrogens is 400 g/mol. The van der Waals surface area contributed by atoms with Crippen molar-refractivity contribution in [1.82, 2.24) is 10.3 Å². The molecule has 0 saturated heterocycles. The Bertz CT molecular complexity index is 1030. The molecule has 158 valence electrons. The van der Waals surface area contributed by atoms with E-state index in [2.05, 4.69) is 29.4 Å². The van der Waals surface area contributed by atoms with Crippen LogP contribution in [0.25, 0.3) is 17.0 Å². The van der Waals surface area contributed by atoms with Gasteiger partial charge in [0, 0.05) is 39.9 Å². The molecule has 0 atom stereocenters. The van der Waals surface area contributed by atoms with E-state index in [-0.39, 0.29) is 5.91 Å². The maximum atomic E-state index is 12.2. The number of aromatic nitrogens is 1. The molecule has 7 heteroatoms. The smallest absolute Gasteiger partial charge is 0.244 e. The summed E-state index contributed by atoms with van der Waals surface area (Å²) in [6, 6.07) is 11.8. The lowest BCUT2D eigenvalue weighted by molar-refractivity contribution is -0.116. The van der Waals surface area contributed by atoms with Crippen LogP contribution in [0.5, 0.6) is 17.2 Å². The average molecular weight is 427 g/mol. The molecule has 0 saturated carbocycles. The lowest BCUT2D eigenvalue weighted by Gasteiger charge is -2.12. The van der Waals surface area contributed by atoms with E-state index in [1.165, 1.54) is 16.4 Å². The topological polar surface area (TPSA) is 72.6 Å². The van der Waals surface area contributed by atoms with Crippen molar-refractivity contribution in [2.75, 3.05) is 33.6 Å². The second kappa shape index (κ2) is 10.1. The Balaban J connectivity index is 1.56. The summed E-state index contributed by atoms with van der Waals surface area (Å²) in [6.45, 7) is 2.64. The lowest BCUT2D eigenvalue weighted by atomic mass is 10.1. The highest BCUT2D eigenvalue weighted by molar-refractivity contribution is 7.99. The van der Waals surface area contributed by atoms with Crippen LogP contribution in [0.1, 0.15) is 11.3 Å². The number of rotatable bonds is 9. The van der Waals surface area contributed by atoms with Crippen LogP contribution in [0.3, 0.4) is 0 Å². The van der Waals surface area contributed by atoms with Crippen molar-refractivity contribution in [3.63, 3.8) is 0 Å². The minimum absolute atomic E-state index is 0.153. The average Bonchev–Trinajstić information content (AvgIpc) is 3.09. The molecule has 0 aliphatic heterocycles. The van der Waals surface area contributed by atoms with Gasteiger partial charge in [-0.1, -0.05) is 18.2 Å². The van der Waals surface area contributed by atoms with Gasteiger partial charge in [0.1, 0.15) is 0 Å². The number of aromatic amines is 1. The number of hydrogen-bond donors (Lipinski definition) is 2. The normalized spacial score (nSPS) is 11.1. The zero-order valence-corrected chi connectivity index (χ0v) is 18.4. The van der Waals surface area contributed by atoms with Gasteiger partial charge in [0.15, 0.2) is 11.5 Å². The first-order chi connectivity index (χ1) is 14.6. The second-order valence-electron chi connectivity index (χ2n) is 6.56. The van der Waals surface area contributed by atoms with Crippen LogP contribution in [0.15, 0.2) is 47.4 Å². The highest BCUT2D eigenvalue weighted by atomic mass is 32.2. The summed E-state index contributed by atoms with van der Waals surface area (Å²) in [4.78, 5) is 16.8. The van der Waals surface area contributed by atoms with E-state index in [0.717, 1.165) is 22.5 Å². The van der Waals surface area contributed by atoms with Crippen LogP contribution in [-0.2, 0) is 4.79 Å². The fourth-order valence-electron chi connectivity index (χ4n) is 3.19. The van der Waals surface area contributed by atoms with Crippen molar-refractivity contribution >= 4 is 34.6 Å². The number of ether oxygens (including phenoxy) is 3. The number of para-hydroxylation sites is 1. The van der Waals surface area contributed by atoms with Crippen LogP contribution in [0, 0.1) is 6.92 Å². The molecule has 0 spiro atoms. The summed E-state index contributed by atoms with van der Waals surface area (Å²) in [6.07, 6.45) is 3.22. The maximum Gasteiger partial charge on any atom is 0.244 e. The quantitative estimate of drug-likeness (QED) is 0.301. The first-order valence-electron chi connectivity index (χ1n) is 9.53. The van der Waals surface area contributed by atoms with Crippen molar-refractivity contribution in [2.24, 2.45) is 0 Å². The lowest BCUT2D eigenvalue weighted by Crippen LogP contribution is -2.23. The Morgan fingerprint density at radius 1 is 1.10 bits per heavy atom. The summed E-state index contributed by atoms with van der Waals surface area (Å²) in [5, 5.41) is 4.13. The molecule has 3 aromatic rings. The van der Waals surface area contributed by atoms with Gasteiger partial charge >= 0.3 is 0 Å². The number of nitrogens with one attached hydrogen (secondary N) is 2. The standard InChI is InChI=1S/C23H26N2O4S/c1-15-23(17-7-5-6-8-18(17)25-15)30-12-11-24-21(26)10-9-16-13-19(27-2)22(29-4)20(14-16)28-3/h5-10,13-14,25H,11-12H2,1-4H3,(H,24,26). The van der Waals surface area contributed by atoms with Crippen LogP contribution in [0.4, 0.5) is 0 Å². The number of thioether (sulfide) groups is 1. The fourth-order valence-corrected chi connectivity index (χ4v) is 4.20. The molecule has 0 radical (unpaired) electrons. The van der Waals surface area contributed by atoms with Gasteiger partial charge in [0.25, 0.3) is 0 Å². The molecule has 30 heavy (non-hydrogen) atoms. The molecule has 2 aromatic carbocycles. The maximum absolute atomic E-state index is 12.2. The number of amides is 1. The number of methoxy groups -OCH3 is 3. The highest BCUT2D eigenvalue weighted by Crippen LogP contribution is 2.38. The van der Waals surface area contributed by atoms with Gasteiger partial charge in [-0.2, -0.15) is 0 Å². The third-order valence-electron chi connectivity index (χ3n) is 4.60. The Labute approximate surface area is 180 Å². The Morgan fingerprint density at radius 2 is 1.80 bits per heavy atom. The SMILES string of the molecule is COc1cc(C=CC(=O)NCCSc2c(C)[nH]c3ccccc23)cc(OC)c1OC. The summed E-state index contributed by atoms with van der Waals surface area (Å²) in [7, 11) is 4.67. The van der Waals surface area contributed by atoms with Gasteiger partial charge < -0.3 is 24.5 Å². The molecule has 0 fully saturated rings. The summed E-state index contributed by atoms with van der Waals surface area (Å²) in [5.74, 6) is 2.24. The van der Waals surface area contributed by atoms with Gasteiger partial charge in [-0.3, -0.25) is 4.79 Å². The molecule has 0 bridgehead atoms. The van der Waals surface area contributed by atoms with E-state index >= 15 is 0 Å². The predicted octanol–water partition coefficient (Wildman–Crippen LogP) is 4.42. The van der Waals surface area contributed by atoms with E-state index in [4.69, 9.17) is 14.2 Å². The fraction of sp³-hybridized carbons (Fsp3) is 0.261. The summed E-state index contributed by atoms with van der Waals surface area (Å²) in [5.41, 5.74) is 3.06. The van der Waals surface area contributed by atoms with Crippen molar-refractivity contribution < 1.29 is 19.0 Å². The third-order valence-corrected chi connectivity index (χ3v) is 5.82. The molecule has 0 unspecified atom stereocenters. The van der Waals surface area contributed by atoms with Crippen LogP contribution < -0.4 is 19.5 Å². The Kier molecular flexibility index (Phi) is 7.30. The van der Waals surface area contributed by atoms with E-state index in [1.54, 1.807) is 51.3 Å². The minimum atomic E-state index is -0.153. The van der Waals surface area contributed by atoms with Crippen LogP contribution >= 0.6 is 11.8 Å². The molecule has 2 N–H and O–H groups in total. The van der Waals surface area contributed by atoms with Crippen molar-refractivity contribution in [1.29, 1.82) is 0 Å². The summed E-state index contributed by atoms with van der Waals surface area (Å²) < 4.78 is 16.0. The molecule has 1 aromatic heterocycles.